The number of carbonyl (C=O) groups is 1. The number of rotatable bonds is 10. The van der Waals surface area contributed by atoms with Gasteiger partial charge in [0.05, 0.1) is 15.7 Å². The highest BCUT2D eigenvalue weighted by molar-refractivity contribution is 6.35. The first kappa shape index (κ1) is 15.3. The lowest BCUT2D eigenvalue weighted by molar-refractivity contribution is -0.137. The molecule has 0 aliphatic carbocycles. The molecule has 0 amide bonds. The minimum absolute atomic E-state index is 0.0994. The predicted octanol–water partition coefficient (Wildman–Crippen LogP) is 1.05. The molecule has 0 saturated carbocycles. The first-order valence-electron chi connectivity index (χ1n) is 5.77. The maximum absolute atomic E-state index is 10.7. The van der Waals surface area contributed by atoms with Gasteiger partial charge in [-0.2, -0.15) is 0 Å². The second kappa shape index (κ2) is 10.9. The Morgan fingerprint density at radius 3 is 2.50 bits per heavy atom. The molecular formula is C11H22O4Si. The quantitative estimate of drug-likeness (QED) is 0.190. The summed E-state index contributed by atoms with van der Waals surface area (Å²) in [5.41, 5.74) is 0. The third-order valence-electron chi connectivity index (χ3n) is 1.95. The van der Waals surface area contributed by atoms with E-state index in [1.807, 2.05) is 13.8 Å². The molecule has 94 valence electrons. The second-order valence-corrected chi connectivity index (χ2v) is 5.03. The summed E-state index contributed by atoms with van der Waals surface area (Å²) >= 11 is 0. The molecular weight excluding hydrogens is 224 g/mol. The summed E-state index contributed by atoms with van der Waals surface area (Å²) in [6.45, 7) is 8.57. The number of esters is 1. The van der Waals surface area contributed by atoms with E-state index in [1.54, 1.807) is 0 Å². The molecule has 0 radical (unpaired) electrons. The summed E-state index contributed by atoms with van der Waals surface area (Å²) in [5.74, 6) is -0.335. The van der Waals surface area contributed by atoms with Crippen LogP contribution < -0.4 is 0 Å². The summed E-state index contributed by atoms with van der Waals surface area (Å²) in [5, 5.41) is 0. The molecule has 0 spiro atoms. The highest BCUT2D eigenvalue weighted by atomic mass is 28.2. The number of hydrogen-bond acceptors (Lipinski definition) is 4. The van der Waals surface area contributed by atoms with E-state index in [9.17, 15) is 4.79 Å². The van der Waals surface area contributed by atoms with Gasteiger partial charge in [-0.3, -0.25) is 0 Å². The van der Waals surface area contributed by atoms with Gasteiger partial charge in [0.15, 0.2) is 6.29 Å². The fraction of sp³-hybridized carbons (Fsp3) is 0.727. The van der Waals surface area contributed by atoms with Crippen LogP contribution in [-0.4, -0.2) is 41.2 Å². The van der Waals surface area contributed by atoms with Gasteiger partial charge in [0, 0.05) is 19.3 Å². The van der Waals surface area contributed by atoms with Crippen LogP contribution in [0.3, 0.4) is 0 Å². The van der Waals surface area contributed by atoms with E-state index in [1.165, 1.54) is 6.08 Å². The molecule has 0 aliphatic rings. The summed E-state index contributed by atoms with van der Waals surface area (Å²) in [4.78, 5) is 10.7. The molecule has 0 aliphatic heterocycles. The number of carbonyl (C=O) groups excluding carboxylic acids is 1. The zero-order valence-electron chi connectivity index (χ0n) is 10.2. The lowest BCUT2D eigenvalue weighted by Gasteiger charge is -2.16. The molecule has 16 heavy (non-hydrogen) atoms. The third-order valence-corrected chi connectivity index (χ3v) is 3.35. The molecule has 0 rings (SSSR count). The Bertz CT molecular complexity index is 190. The first-order valence-corrected chi connectivity index (χ1v) is 7.77. The monoisotopic (exact) mass is 246 g/mol. The van der Waals surface area contributed by atoms with Crippen molar-refractivity contribution < 1.29 is 19.0 Å². The van der Waals surface area contributed by atoms with Crippen molar-refractivity contribution in [2.24, 2.45) is 0 Å². The molecule has 0 heterocycles. The van der Waals surface area contributed by atoms with E-state index in [0.29, 0.717) is 19.4 Å². The lowest BCUT2D eigenvalue weighted by atomic mass is 10.4. The van der Waals surface area contributed by atoms with Crippen molar-refractivity contribution in [2.45, 2.75) is 32.6 Å². The summed E-state index contributed by atoms with van der Waals surface area (Å²) in [7, 11) is -0.368. The van der Waals surface area contributed by atoms with Gasteiger partial charge >= 0.3 is 5.97 Å². The Morgan fingerprint density at radius 1 is 1.38 bits per heavy atom. The van der Waals surface area contributed by atoms with Crippen LogP contribution in [0, 0.1) is 0 Å². The smallest absolute Gasteiger partial charge is 0.329 e. The molecule has 0 atom stereocenters. The van der Waals surface area contributed by atoms with Crippen molar-refractivity contribution in [3.8, 4) is 0 Å². The van der Waals surface area contributed by atoms with Gasteiger partial charge in [0.2, 0.25) is 0 Å². The van der Waals surface area contributed by atoms with Crippen LogP contribution in [0.5, 0.6) is 0 Å². The van der Waals surface area contributed by atoms with Crippen LogP contribution in [0.2, 0.25) is 6.04 Å². The van der Waals surface area contributed by atoms with Crippen molar-refractivity contribution in [1.29, 1.82) is 0 Å². The molecule has 4 nitrogen and oxygen atoms in total. The largest absolute Gasteiger partial charge is 0.467 e. The lowest BCUT2D eigenvalue weighted by Crippen LogP contribution is -2.19. The van der Waals surface area contributed by atoms with Crippen molar-refractivity contribution >= 4 is 15.5 Å². The minimum atomic E-state index is -0.368. The Balaban J connectivity index is 3.46. The molecule has 0 saturated heterocycles. The van der Waals surface area contributed by atoms with E-state index < -0.39 is 0 Å². The topological polar surface area (TPSA) is 44.8 Å². The molecule has 5 heteroatoms. The van der Waals surface area contributed by atoms with Crippen LogP contribution >= 0.6 is 0 Å². The Morgan fingerprint density at radius 2 is 2.00 bits per heavy atom. The van der Waals surface area contributed by atoms with Crippen LogP contribution in [0.25, 0.3) is 0 Å². The van der Waals surface area contributed by atoms with Crippen LogP contribution in [0.4, 0.5) is 0 Å². The standard InChI is InChI=1S/C11H22O4Si/c1-4-10(12)15-9-16-8-7-11(13-5-2)14-6-3/h4,11H,1,5-9,16H2,2-3H3. The van der Waals surface area contributed by atoms with Crippen molar-refractivity contribution in [3.05, 3.63) is 12.7 Å². The van der Waals surface area contributed by atoms with E-state index >= 15 is 0 Å². The molecule has 0 fully saturated rings. The zero-order valence-corrected chi connectivity index (χ0v) is 11.7. The van der Waals surface area contributed by atoms with Crippen molar-refractivity contribution in [1.82, 2.24) is 0 Å². The van der Waals surface area contributed by atoms with E-state index in [4.69, 9.17) is 14.2 Å². The summed E-state index contributed by atoms with van der Waals surface area (Å²) in [6, 6.07) is 1.05. The zero-order chi connectivity index (χ0) is 12.2. The number of hydrogen-bond donors (Lipinski definition) is 0. The highest BCUT2D eigenvalue weighted by Gasteiger charge is 2.07. The molecule has 0 bridgehead atoms. The van der Waals surface area contributed by atoms with Gasteiger partial charge in [-0.1, -0.05) is 12.6 Å². The van der Waals surface area contributed by atoms with E-state index in [2.05, 4.69) is 6.58 Å². The normalized spacial score (nSPS) is 11.2. The Kier molecular flexibility index (Phi) is 10.4. The fourth-order valence-electron chi connectivity index (χ4n) is 1.23. The fourth-order valence-corrected chi connectivity index (χ4v) is 2.40. The molecule has 0 aromatic rings. The summed E-state index contributed by atoms with van der Waals surface area (Å²) < 4.78 is 15.7. The third kappa shape index (κ3) is 8.64. The van der Waals surface area contributed by atoms with E-state index in [0.717, 1.165) is 12.5 Å². The van der Waals surface area contributed by atoms with Gasteiger partial charge in [-0.05, 0) is 20.3 Å². The Hall–Kier alpha value is -0.653. The van der Waals surface area contributed by atoms with Crippen LogP contribution in [0.1, 0.15) is 20.3 Å². The Labute approximate surface area is 99.8 Å². The highest BCUT2D eigenvalue weighted by Crippen LogP contribution is 2.04. The average Bonchev–Trinajstić information content (AvgIpc) is 2.28. The van der Waals surface area contributed by atoms with Crippen LogP contribution in [-0.2, 0) is 19.0 Å². The molecule has 0 aromatic carbocycles. The summed E-state index contributed by atoms with van der Waals surface area (Å²) in [6.07, 6.45) is 2.55. The predicted molar refractivity (Wildman–Crippen MR) is 66.2 cm³/mol. The molecule has 0 N–H and O–H groups in total. The van der Waals surface area contributed by atoms with Gasteiger partial charge in [-0.25, -0.2) is 4.79 Å². The molecule has 0 aromatic heterocycles. The molecule has 0 unspecified atom stereocenters. The minimum Gasteiger partial charge on any atom is -0.467 e. The van der Waals surface area contributed by atoms with Gasteiger partial charge < -0.3 is 14.2 Å². The average molecular weight is 246 g/mol. The van der Waals surface area contributed by atoms with Gasteiger partial charge in [0.25, 0.3) is 0 Å². The second-order valence-electron chi connectivity index (χ2n) is 3.21. The van der Waals surface area contributed by atoms with Gasteiger partial charge in [0.1, 0.15) is 0 Å². The van der Waals surface area contributed by atoms with Crippen molar-refractivity contribution in [3.63, 3.8) is 0 Å². The van der Waals surface area contributed by atoms with Gasteiger partial charge in [-0.15, -0.1) is 0 Å². The van der Waals surface area contributed by atoms with Crippen molar-refractivity contribution in [2.75, 3.05) is 19.4 Å². The SMILES string of the molecule is C=CC(=O)OC[SiH2]CCC(OCC)OCC. The maximum Gasteiger partial charge on any atom is 0.329 e. The van der Waals surface area contributed by atoms with E-state index in [-0.39, 0.29) is 21.8 Å². The number of ether oxygens (including phenoxy) is 3. The maximum atomic E-state index is 10.7. The first-order chi connectivity index (χ1) is 7.74. The van der Waals surface area contributed by atoms with Crippen LogP contribution in [0.15, 0.2) is 12.7 Å².